The topological polar surface area (TPSA) is 44.5 Å². The molecule has 0 aliphatic heterocycles. The third kappa shape index (κ3) is 5.70. The van der Waals surface area contributed by atoms with Gasteiger partial charge in [0.1, 0.15) is 13.2 Å². The van der Waals surface area contributed by atoms with Gasteiger partial charge in [0.25, 0.3) is 0 Å². The van der Waals surface area contributed by atoms with Crippen LogP contribution in [0.4, 0.5) is 22.0 Å². The molecule has 3 nitrogen and oxygen atoms in total. The molecule has 0 aromatic heterocycles. The Hall–Kier alpha value is -1.41. The summed E-state index contributed by atoms with van der Waals surface area (Å²) in [6, 6.07) is 2.14. The van der Waals surface area contributed by atoms with Crippen LogP contribution >= 0.6 is 0 Å². The summed E-state index contributed by atoms with van der Waals surface area (Å²) in [4.78, 5) is 0. The van der Waals surface area contributed by atoms with Crippen molar-refractivity contribution in [3.05, 3.63) is 29.3 Å². The molecule has 0 saturated carbocycles. The molecule has 0 bridgehead atoms. The Kier molecular flexibility index (Phi) is 6.15. The van der Waals surface area contributed by atoms with E-state index in [1.165, 1.54) is 0 Å². The monoisotopic (exact) mass is 299 g/mol. The quantitative estimate of drug-likeness (QED) is 0.621. The molecule has 0 spiro atoms. The molecule has 0 fully saturated rings. The van der Waals surface area contributed by atoms with Gasteiger partial charge in [-0.15, -0.1) is 0 Å². The highest BCUT2D eigenvalue weighted by atomic mass is 19.4. The molecule has 0 radical (unpaired) electrons. The predicted octanol–water partition coefficient (Wildman–Crippen LogP) is 2.42. The van der Waals surface area contributed by atoms with E-state index < -0.39 is 36.8 Å². The highest BCUT2D eigenvalue weighted by Crippen LogP contribution is 2.23. The summed E-state index contributed by atoms with van der Waals surface area (Å²) in [5, 5.41) is 0. The van der Waals surface area contributed by atoms with E-state index in [2.05, 4.69) is 4.74 Å². The summed E-state index contributed by atoms with van der Waals surface area (Å²) in [7, 11) is 0. The molecule has 0 atom stereocenters. The van der Waals surface area contributed by atoms with Crippen molar-refractivity contribution in [3.63, 3.8) is 0 Å². The van der Waals surface area contributed by atoms with E-state index in [1.54, 1.807) is 0 Å². The van der Waals surface area contributed by atoms with E-state index >= 15 is 0 Å². The van der Waals surface area contributed by atoms with Crippen LogP contribution in [0.15, 0.2) is 12.1 Å². The maximum atomic E-state index is 13.5. The van der Waals surface area contributed by atoms with E-state index in [-0.39, 0.29) is 13.2 Å². The van der Waals surface area contributed by atoms with Crippen LogP contribution in [0.2, 0.25) is 0 Å². The van der Waals surface area contributed by atoms with Gasteiger partial charge in [-0.2, -0.15) is 13.2 Å². The number of ether oxygens (including phenoxy) is 2. The third-order valence-corrected chi connectivity index (χ3v) is 2.23. The normalized spacial score (nSPS) is 11.7. The van der Waals surface area contributed by atoms with Gasteiger partial charge in [0, 0.05) is 0 Å². The lowest BCUT2D eigenvalue weighted by Gasteiger charge is -2.11. The van der Waals surface area contributed by atoms with Gasteiger partial charge in [-0.1, -0.05) is 0 Å². The lowest BCUT2D eigenvalue weighted by atomic mass is 10.1. The Morgan fingerprint density at radius 2 is 1.65 bits per heavy atom. The first kappa shape index (κ1) is 16.6. The fraction of sp³-hybridized carbons (Fsp3) is 0.500. The van der Waals surface area contributed by atoms with Gasteiger partial charge >= 0.3 is 6.18 Å². The van der Waals surface area contributed by atoms with E-state index in [1.807, 2.05) is 0 Å². The fourth-order valence-corrected chi connectivity index (χ4v) is 1.45. The van der Waals surface area contributed by atoms with Crippen molar-refractivity contribution < 1.29 is 31.4 Å². The van der Waals surface area contributed by atoms with E-state index in [0.717, 1.165) is 12.1 Å². The lowest BCUT2D eigenvalue weighted by molar-refractivity contribution is -0.175. The summed E-state index contributed by atoms with van der Waals surface area (Å²) >= 11 is 0. The van der Waals surface area contributed by atoms with E-state index in [4.69, 9.17) is 10.5 Å². The maximum absolute atomic E-state index is 13.5. The SMILES string of the molecule is NCCc1cc(F)c(OCCOCC(F)(F)F)c(F)c1. The maximum Gasteiger partial charge on any atom is 0.411 e. The number of benzene rings is 1. The zero-order chi connectivity index (χ0) is 15.2. The molecule has 1 aromatic rings. The molecule has 0 aliphatic rings. The van der Waals surface area contributed by atoms with Gasteiger partial charge in [-0.05, 0) is 30.7 Å². The van der Waals surface area contributed by atoms with Crippen LogP contribution in [0.25, 0.3) is 0 Å². The van der Waals surface area contributed by atoms with Crippen molar-refractivity contribution in [3.8, 4) is 5.75 Å². The number of alkyl halides is 3. The van der Waals surface area contributed by atoms with Crippen LogP contribution in [0.3, 0.4) is 0 Å². The predicted molar refractivity (Wildman–Crippen MR) is 61.5 cm³/mol. The molecular weight excluding hydrogens is 285 g/mol. The number of nitrogens with two attached hydrogens (primary N) is 1. The number of rotatable bonds is 7. The Morgan fingerprint density at radius 3 is 2.15 bits per heavy atom. The minimum Gasteiger partial charge on any atom is -0.485 e. The van der Waals surface area contributed by atoms with Crippen molar-refractivity contribution in [2.24, 2.45) is 5.73 Å². The lowest BCUT2D eigenvalue weighted by Crippen LogP contribution is -2.19. The molecular formula is C12H14F5NO2. The first-order valence-electron chi connectivity index (χ1n) is 5.79. The molecule has 0 amide bonds. The first-order chi connectivity index (χ1) is 9.33. The zero-order valence-electron chi connectivity index (χ0n) is 10.5. The summed E-state index contributed by atoms with van der Waals surface area (Å²) in [5.74, 6) is -2.49. The van der Waals surface area contributed by atoms with Crippen LogP contribution in [-0.2, 0) is 11.2 Å². The van der Waals surface area contributed by atoms with Crippen LogP contribution in [0.1, 0.15) is 5.56 Å². The van der Waals surface area contributed by atoms with Gasteiger partial charge in [-0.3, -0.25) is 0 Å². The van der Waals surface area contributed by atoms with Crippen LogP contribution in [-0.4, -0.2) is 32.5 Å². The molecule has 1 rings (SSSR count). The standard InChI is InChI=1S/C12H14F5NO2/c13-9-5-8(1-2-18)6-10(14)11(9)20-4-3-19-7-12(15,16)17/h5-6H,1-4,7,18H2. The molecule has 1 aromatic carbocycles. The van der Waals surface area contributed by atoms with Crippen molar-refractivity contribution in [1.82, 2.24) is 0 Å². The molecule has 114 valence electrons. The van der Waals surface area contributed by atoms with Gasteiger partial charge in [0.05, 0.1) is 6.61 Å². The van der Waals surface area contributed by atoms with Crippen LogP contribution < -0.4 is 10.5 Å². The zero-order valence-corrected chi connectivity index (χ0v) is 10.5. The number of halogens is 5. The summed E-state index contributed by atoms with van der Waals surface area (Å²) in [6.45, 7) is -2.01. The molecule has 0 saturated heterocycles. The second-order valence-electron chi connectivity index (χ2n) is 3.94. The largest absolute Gasteiger partial charge is 0.485 e. The van der Waals surface area contributed by atoms with Gasteiger partial charge < -0.3 is 15.2 Å². The Balaban J connectivity index is 2.48. The second-order valence-corrected chi connectivity index (χ2v) is 3.94. The fourth-order valence-electron chi connectivity index (χ4n) is 1.45. The Bertz CT molecular complexity index is 413. The summed E-state index contributed by atoms with van der Waals surface area (Å²) in [5.41, 5.74) is 5.64. The third-order valence-electron chi connectivity index (χ3n) is 2.23. The number of hydrogen-bond acceptors (Lipinski definition) is 3. The molecule has 0 aliphatic carbocycles. The summed E-state index contributed by atoms with van der Waals surface area (Å²) < 4.78 is 71.3. The first-order valence-corrected chi connectivity index (χ1v) is 5.79. The van der Waals surface area contributed by atoms with Gasteiger partial charge in [0.15, 0.2) is 17.4 Å². The minimum atomic E-state index is -4.44. The van der Waals surface area contributed by atoms with Crippen molar-refractivity contribution >= 4 is 0 Å². The van der Waals surface area contributed by atoms with E-state index in [9.17, 15) is 22.0 Å². The molecule has 0 unspecified atom stereocenters. The number of hydrogen-bond donors (Lipinski definition) is 1. The highest BCUT2D eigenvalue weighted by molar-refractivity contribution is 5.31. The smallest absolute Gasteiger partial charge is 0.411 e. The highest BCUT2D eigenvalue weighted by Gasteiger charge is 2.27. The minimum absolute atomic E-state index is 0.240. The average molecular weight is 299 g/mol. The molecule has 2 N–H and O–H groups in total. The van der Waals surface area contributed by atoms with Crippen molar-refractivity contribution in [2.75, 3.05) is 26.4 Å². The van der Waals surface area contributed by atoms with Crippen LogP contribution in [0, 0.1) is 11.6 Å². The van der Waals surface area contributed by atoms with Crippen molar-refractivity contribution in [2.45, 2.75) is 12.6 Å². The molecule has 0 heterocycles. The van der Waals surface area contributed by atoms with Gasteiger partial charge in [0.2, 0.25) is 0 Å². The Labute approximate surface area is 112 Å². The second kappa shape index (κ2) is 7.39. The van der Waals surface area contributed by atoms with Crippen molar-refractivity contribution in [1.29, 1.82) is 0 Å². The summed E-state index contributed by atoms with van der Waals surface area (Å²) in [6.07, 6.45) is -4.14. The Morgan fingerprint density at radius 1 is 1.05 bits per heavy atom. The van der Waals surface area contributed by atoms with Crippen LogP contribution in [0.5, 0.6) is 5.75 Å². The molecule has 20 heavy (non-hydrogen) atoms. The molecule has 8 heteroatoms. The van der Waals surface area contributed by atoms with E-state index in [0.29, 0.717) is 12.0 Å². The van der Waals surface area contributed by atoms with Gasteiger partial charge in [-0.25, -0.2) is 8.78 Å². The average Bonchev–Trinajstić information content (AvgIpc) is 2.30.